The number of ether oxygens (including phenoxy) is 3. The van der Waals surface area contributed by atoms with Gasteiger partial charge in [-0.15, -0.1) is 0 Å². The molecule has 0 saturated heterocycles. The topological polar surface area (TPSA) is 65.1 Å². The summed E-state index contributed by atoms with van der Waals surface area (Å²) in [6, 6.07) is 10.2. The lowest BCUT2D eigenvalue weighted by atomic mass is 10.0. The van der Waals surface area contributed by atoms with Crippen molar-refractivity contribution in [1.29, 1.82) is 0 Å². The number of rotatable bonds is 3. The Morgan fingerprint density at radius 2 is 1.73 bits per heavy atom. The van der Waals surface area contributed by atoms with Crippen LogP contribution in [0, 0.1) is 0 Å². The molecule has 26 heavy (non-hydrogen) atoms. The summed E-state index contributed by atoms with van der Waals surface area (Å²) in [6.45, 7) is 0.165. The predicted molar refractivity (Wildman–Crippen MR) is 95.7 cm³/mol. The van der Waals surface area contributed by atoms with Gasteiger partial charge in [0.15, 0.2) is 0 Å². The van der Waals surface area contributed by atoms with Gasteiger partial charge >= 0.3 is 11.9 Å². The third kappa shape index (κ3) is 2.45. The van der Waals surface area contributed by atoms with E-state index in [1.807, 2.05) is 18.2 Å². The standard InChI is InChI=1S/C20H19NO5/c1-24-19(22)15-10-26-11-21(18(15)20(23)25-2)16-9-8-13-7-6-12-4-3-5-14(16)17(12)13/h3-5,8-9H,6-7,10-11H2,1-2H3. The first-order valence-corrected chi connectivity index (χ1v) is 8.44. The summed E-state index contributed by atoms with van der Waals surface area (Å²) in [5.41, 5.74) is 3.75. The van der Waals surface area contributed by atoms with Gasteiger partial charge < -0.3 is 19.1 Å². The minimum Gasteiger partial charge on any atom is -0.466 e. The van der Waals surface area contributed by atoms with E-state index in [2.05, 4.69) is 12.1 Å². The van der Waals surface area contributed by atoms with Crippen LogP contribution < -0.4 is 4.90 Å². The fourth-order valence-corrected chi connectivity index (χ4v) is 3.80. The van der Waals surface area contributed by atoms with E-state index in [4.69, 9.17) is 14.2 Å². The predicted octanol–water partition coefficient (Wildman–Crippen LogP) is 2.33. The molecule has 2 aromatic carbocycles. The molecule has 2 aliphatic rings. The molecule has 1 aliphatic carbocycles. The fraction of sp³-hybridized carbons (Fsp3) is 0.300. The van der Waals surface area contributed by atoms with Gasteiger partial charge in [0.25, 0.3) is 0 Å². The van der Waals surface area contributed by atoms with E-state index in [-0.39, 0.29) is 24.6 Å². The Morgan fingerprint density at radius 3 is 2.46 bits per heavy atom. The fourth-order valence-electron chi connectivity index (χ4n) is 3.80. The summed E-state index contributed by atoms with van der Waals surface area (Å²) in [6.07, 6.45) is 2.03. The van der Waals surface area contributed by atoms with Gasteiger partial charge in [-0.05, 0) is 35.4 Å². The van der Waals surface area contributed by atoms with Crippen LogP contribution in [0.3, 0.4) is 0 Å². The van der Waals surface area contributed by atoms with E-state index in [0.29, 0.717) is 0 Å². The van der Waals surface area contributed by atoms with Crippen molar-refractivity contribution < 1.29 is 23.8 Å². The average Bonchev–Trinajstić information content (AvgIpc) is 3.11. The van der Waals surface area contributed by atoms with Gasteiger partial charge in [0.05, 0.1) is 32.1 Å². The Balaban J connectivity index is 1.93. The first-order chi connectivity index (χ1) is 12.7. The molecule has 0 unspecified atom stereocenters. The van der Waals surface area contributed by atoms with Crippen LogP contribution in [0.4, 0.5) is 5.69 Å². The lowest BCUT2D eigenvalue weighted by Crippen LogP contribution is -2.38. The summed E-state index contributed by atoms with van der Waals surface area (Å²) in [5.74, 6) is -1.18. The highest BCUT2D eigenvalue weighted by atomic mass is 16.5. The highest BCUT2D eigenvalue weighted by molar-refractivity contribution is 6.07. The molecule has 0 saturated carbocycles. The van der Waals surface area contributed by atoms with Crippen LogP contribution in [0.5, 0.6) is 0 Å². The first kappa shape index (κ1) is 16.6. The van der Waals surface area contributed by atoms with Crippen molar-refractivity contribution in [3.05, 3.63) is 52.7 Å². The van der Waals surface area contributed by atoms with Crippen molar-refractivity contribution in [1.82, 2.24) is 0 Å². The minimum absolute atomic E-state index is 0.00880. The van der Waals surface area contributed by atoms with E-state index >= 15 is 0 Å². The quantitative estimate of drug-likeness (QED) is 0.789. The highest BCUT2D eigenvalue weighted by Gasteiger charge is 2.33. The van der Waals surface area contributed by atoms with Gasteiger partial charge in [0.2, 0.25) is 0 Å². The summed E-state index contributed by atoms with van der Waals surface area (Å²) >= 11 is 0. The molecule has 0 amide bonds. The molecule has 4 rings (SSSR count). The number of aryl methyl sites for hydroxylation is 2. The Hall–Kier alpha value is -2.86. The average molecular weight is 353 g/mol. The van der Waals surface area contributed by atoms with Gasteiger partial charge in [-0.1, -0.05) is 24.3 Å². The van der Waals surface area contributed by atoms with Gasteiger partial charge in [0, 0.05) is 5.39 Å². The molecule has 0 aromatic heterocycles. The zero-order chi connectivity index (χ0) is 18.3. The molecule has 6 nitrogen and oxygen atoms in total. The highest BCUT2D eigenvalue weighted by Crippen LogP contribution is 2.38. The molecular formula is C20H19NO5. The van der Waals surface area contributed by atoms with Crippen LogP contribution in [0.15, 0.2) is 41.6 Å². The maximum absolute atomic E-state index is 12.5. The van der Waals surface area contributed by atoms with Gasteiger partial charge in [-0.3, -0.25) is 0 Å². The van der Waals surface area contributed by atoms with Crippen LogP contribution in [-0.2, 0) is 36.6 Å². The van der Waals surface area contributed by atoms with Gasteiger partial charge in [-0.25, -0.2) is 9.59 Å². The number of benzene rings is 2. The number of hydrogen-bond donors (Lipinski definition) is 0. The van der Waals surface area contributed by atoms with Crippen molar-refractivity contribution in [2.75, 3.05) is 32.5 Å². The number of esters is 2. The zero-order valence-electron chi connectivity index (χ0n) is 14.7. The van der Waals surface area contributed by atoms with E-state index < -0.39 is 11.9 Å². The summed E-state index contributed by atoms with van der Waals surface area (Å²) in [5, 5.41) is 2.26. The van der Waals surface area contributed by atoms with Gasteiger partial charge in [0.1, 0.15) is 12.4 Å². The molecule has 134 valence electrons. The lowest BCUT2D eigenvalue weighted by molar-refractivity contribution is -0.140. The number of hydrogen-bond acceptors (Lipinski definition) is 6. The van der Waals surface area contributed by atoms with Crippen LogP contribution in [0.1, 0.15) is 11.1 Å². The third-order valence-electron chi connectivity index (χ3n) is 4.98. The van der Waals surface area contributed by atoms with Crippen LogP contribution in [0.25, 0.3) is 10.8 Å². The number of carbonyl (C=O) groups is 2. The second-order valence-corrected chi connectivity index (χ2v) is 6.30. The lowest BCUT2D eigenvalue weighted by Gasteiger charge is -2.32. The zero-order valence-corrected chi connectivity index (χ0v) is 14.7. The van der Waals surface area contributed by atoms with Crippen molar-refractivity contribution in [3.63, 3.8) is 0 Å². The van der Waals surface area contributed by atoms with E-state index in [0.717, 1.165) is 23.9 Å². The monoisotopic (exact) mass is 353 g/mol. The smallest absolute Gasteiger partial charge is 0.355 e. The maximum Gasteiger partial charge on any atom is 0.355 e. The minimum atomic E-state index is -0.596. The Bertz CT molecular complexity index is 936. The maximum atomic E-state index is 12.5. The Morgan fingerprint density at radius 1 is 1.00 bits per heavy atom. The second kappa shape index (κ2) is 6.46. The van der Waals surface area contributed by atoms with E-state index in [9.17, 15) is 9.59 Å². The normalized spacial score (nSPS) is 16.2. The van der Waals surface area contributed by atoms with E-state index in [1.54, 1.807) is 4.90 Å². The molecule has 0 bridgehead atoms. The number of methoxy groups -OCH3 is 2. The third-order valence-corrected chi connectivity index (χ3v) is 4.98. The Labute approximate surface area is 150 Å². The molecule has 0 fully saturated rings. The van der Waals surface area contributed by atoms with Gasteiger partial charge in [-0.2, -0.15) is 0 Å². The summed E-state index contributed by atoms with van der Waals surface area (Å²) in [7, 11) is 2.58. The molecule has 0 spiro atoms. The first-order valence-electron chi connectivity index (χ1n) is 8.44. The molecule has 6 heteroatoms. The van der Waals surface area contributed by atoms with Crippen LogP contribution >= 0.6 is 0 Å². The number of anilines is 1. The summed E-state index contributed by atoms with van der Waals surface area (Å²) < 4.78 is 15.3. The number of nitrogens with zero attached hydrogens (tertiary/aromatic N) is 1. The molecule has 2 aromatic rings. The summed E-state index contributed by atoms with van der Waals surface area (Å²) in [4.78, 5) is 26.3. The van der Waals surface area contributed by atoms with Crippen LogP contribution in [-0.4, -0.2) is 39.5 Å². The largest absolute Gasteiger partial charge is 0.466 e. The van der Waals surface area contributed by atoms with Crippen molar-refractivity contribution in [2.45, 2.75) is 12.8 Å². The second-order valence-electron chi connectivity index (χ2n) is 6.30. The number of carbonyl (C=O) groups excluding carboxylic acids is 2. The molecule has 0 N–H and O–H groups in total. The van der Waals surface area contributed by atoms with Crippen molar-refractivity contribution >= 4 is 28.4 Å². The van der Waals surface area contributed by atoms with Crippen molar-refractivity contribution in [3.8, 4) is 0 Å². The molecule has 0 radical (unpaired) electrons. The van der Waals surface area contributed by atoms with Crippen LogP contribution in [0.2, 0.25) is 0 Å². The van der Waals surface area contributed by atoms with Crippen molar-refractivity contribution in [2.24, 2.45) is 0 Å². The molecule has 1 heterocycles. The molecule has 1 aliphatic heterocycles. The SMILES string of the molecule is COC(=O)C1=C(C(=O)OC)N(c2ccc3c4c(cccc24)CC3)COC1. The molecule has 0 atom stereocenters. The molecular weight excluding hydrogens is 334 g/mol. The Kier molecular flexibility index (Phi) is 4.12. The van der Waals surface area contributed by atoms with E-state index in [1.165, 1.54) is 30.7 Å².